The Labute approximate surface area is 117 Å². The van der Waals surface area contributed by atoms with Gasteiger partial charge in [-0.15, -0.1) is 13.2 Å². The van der Waals surface area contributed by atoms with Crippen LogP contribution in [0.2, 0.25) is 0 Å². The zero-order chi connectivity index (χ0) is 15.8. The smallest absolute Gasteiger partial charge is 0.481 e. The molecule has 1 heterocycles. The molecule has 0 atom stereocenters. The average molecular weight is 325 g/mol. The van der Waals surface area contributed by atoms with Gasteiger partial charge in [-0.25, -0.2) is 8.42 Å². The second kappa shape index (κ2) is 5.19. The van der Waals surface area contributed by atoms with Gasteiger partial charge in [0.05, 0.1) is 5.92 Å². The Balaban J connectivity index is 2.28. The first-order valence-corrected chi connectivity index (χ1v) is 7.13. The number of hydrogen-bond donors (Lipinski definition) is 1. The maximum Gasteiger partial charge on any atom is 0.573 e. The molecule has 1 aromatic rings. The minimum Gasteiger partial charge on any atom is -0.481 e. The van der Waals surface area contributed by atoms with Gasteiger partial charge in [-0.3, -0.25) is 4.79 Å². The van der Waals surface area contributed by atoms with Crippen molar-refractivity contribution in [1.29, 1.82) is 0 Å². The van der Waals surface area contributed by atoms with Gasteiger partial charge in [0.2, 0.25) is 10.0 Å². The van der Waals surface area contributed by atoms with Crippen LogP contribution in [0.5, 0.6) is 5.75 Å². The van der Waals surface area contributed by atoms with Crippen LogP contribution >= 0.6 is 0 Å². The molecule has 0 radical (unpaired) electrons. The lowest BCUT2D eigenvalue weighted by molar-refractivity contribution is -0.275. The summed E-state index contributed by atoms with van der Waals surface area (Å²) in [7, 11) is -4.23. The number of carbonyl (C=O) groups is 1. The molecule has 0 saturated carbocycles. The molecular weight excluding hydrogens is 315 g/mol. The maximum atomic E-state index is 12.3. The van der Waals surface area contributed by atoms with Crippen molar-refractivity contribution in [2.45, 2.75) is 11.3 Å². The maximum absolute atomic E-state index is 12.3. The summed E-state index contributed by atoms with van der Waals surface area (Å²) in [5.41, 5.74) is 0. The second-order valence-corrected chi connectivity index (χ2v) is 6.26. The summed E-state index contributed by atoms with van der Waals surface area (Å²) in [6.07, 6.45) is -5.02. The molecule has 6 nitrogen and oxygen atoms in total. The summed E-state index contributed by atoms with van der Waals surface area (Å²) in [5.74, 6) is -2.85. The van der Waals surface area contributed by atoms with Gasteiger partial charge in [0.15, 0.2) is 0 Å². The minimum atomic E-state index is -5.02. The molecule has 1 aromatic carbocycles. The van der Waals surface area contributed by atoms with Crippen LogP contribution in [0.3, 0.4) is 0 Å². The van der Waals surface area contributed by atoms with Crippen LogP contribution in [0.4, 0.5) is 13.2 Å². The zero-order valence-electron chi connectivity index (χ0n) is 10.4. The van der Waals surface area contributed by atoms with Crippen LogP contribution in [0.15, 0.2) is 29.2 Å². The molecule has 1 saturated heterocycles. The number of alkyl halides is 3. The number of hydrogen-bond acceptors (Lipinski definition) is 4. The number of rotatable bonds is 4. The van der Waals surface area contributed by atoms with E-state index >= 15 is 0 Å². The van der Waals surface area contributed by atoms with E-state index in [1.165, 1.54) is 12.1 Å². The first kappa shape index (κ1) is 15.6. The van der Waals surface area contributed by atoms with E-state index in [-0.39, 0.29) is 13.1 Å². The van der Waals surface area contributed by atoms with Crippen molar-refractivity contribution < 1.29 is 36.2 Å². The van der Waals surface area contributed by atoms with Crippen molar-refractivity contribution in [1.82, 2.24) is 4.31 Å². The van der Waals surface area contributed by atoms with E-state index in [0.29, 0.717) is 0 Å². The van der Waals surface area contributed by atoms with Crippen molar-refractivity contribution in [3.8, 4) is 5.75 Å². The van der Waals surface area contributed by atoms with Crippen molar-refractivity contribution in [3.05, 3.63) is 24.3 Å². The number of carboxylic acids is 1. The average Bonchev–Trinajstić information content (AvgIpc) is 2.23. The predicted molar refractivity (Wildman–Crippen MR) is 63.0 cm³/mol. The monoisotopic (exact) mass is 325 g/mol. The number of para-hydroxylation sites is 1. The van der Waals surface area contributed by atoms with Crippen LogP contribution < -0.4 is 4.74 Å². The second-order valence-electron chi connectivity index (χ2n) is 4.35. The minimum absolute atomic E-state index is 0.280. The molecule has 10 heteroatoms. The standard InChI is InChI=1S/C11H10F3NO5S/c12-11(13,14)20-8-3-1-2-4-9(8)21(18,19)15-5-7(6-15)10(16)17/h1-4,7H,5-6H2,(H,16,17). The van der Waals surface area contributed by atoms with Crippen molar-refractivity contribution in [2.24, 2.45) is 5.92 Å². The molecule has 0 aliphatic carbocycles. The Kier molecular flexibility index (Phi) is 3.85. The van der Waals surface area contributed by atoms with Gasteiger partial charge in [0, 0.05) is 13.1 Å². The summed E-state index contributed by atoms with van der Waals surface area (Å²) in [6.45, 7) is -0.559. The van der Waals surface area contributed by atoms with Crippen LogP contribution in [-0.2, 0) is 14.8 Å². The van der Waals surface area contributed by atoms with Gasteiger partial charge in [-0.05, 0) is 12.1 Å². The molecule has 1 aliphatic heterocycles. The third kappa shape index (κ3) is 3.27. The Morgan fingerprint density at radius 1 is 1.29 bits per heavy atom. The molecule has 0 aromatic heterocycles. The van der Waals surface area contributed by atoms with E-state index < -0.39 is 38.9 Å². The molecule has 1 fully saturated rings. The van der Waals surface area contributed by atoms with Gasteiger partial charge in [0.1, 0.15) is 10.6 Å². The van der Waals surface area contributed by atoms with Crippen LogP contribution in [-0.4, -0.2) is 43.3 Å². The summed E-state index contributed by atoms with van der Waals surface area (Å²) in [4.78, 5) is 10.0. The Hall–Kier alpha value is -1.81. The highest BCUT2D eigenvalue weighted by atomic mass is 32.2. The number of aliphatic carboxylic acids is 1. The van der Waals surface area contributed by atoms with Gasteiger partial charge in [0.25, 0.3) is 0 Å². The Bertz CT molecular complexity index is 652. The lowest BCUT2D eigenvalue weighted by atomic mass is 10.0. The van der Waals surface area contributed by atoms with E-state index in [1.54, 1.807) is 0 Å². The number of halogens is 3. The molecule has 1 aliphatic rings. The van der Waals surface area contributed by atoms with E-state index in [9.17, 15) is 26.4 Å². The Morgan fingerprint density at radius 2 is 1.86 bits per heavy atom. The highest BCUT2D eigenvalue weighted by molar-refractivity contribution is 7.89. The summed E-state index contributed by atoms with van der Waals surface area (Å²) < 4.78 is 65.6. The summed E-state index contributed by atoms with van der Waals surface area (Å²) in [5, 5.41) is 8.70. The van der Waals surface area contributed by atoms with Crippen LogP contribution in [0.1, 0.15) is 0 Å². The van der Waals surface area contributed by atoms with E-state index in [1.807, 2.05) is 0 Å². The first-order valence-electron chi connectivity index (χ1n) is 5.69. The Morgan fingerprint density at radius 3 is 2.38 bits per heavy atom. The molecule has 0 unspecified atom stereocenters. The molecule has 21 heavy (non-hydrogen) atoms. The van der Waals surface area contributed by atoms with Crippen molar-refractivity contribution in [3.63, 3.8) is 0 Å². The predicted octanol–water partition coefficient (Wildman–Crippen LogP) is 1.29. The molecule has 1 N–H and O–H groups in total. The third-order valence-electron chi connectivity index (χ3n) is 2.89. The third-order valence-corrected chi connectivity index (χ3v) is 4.76. The van der Waals surface area contributed by atoms with Crippen molar-refractivity contribution >= 4 is 16.0 Å². The number of nitrogens with zero attached hydrogens (tertiary/aromatic N) is 1. The molecule has 2 rings (SSSR count). The highest BCUT2D eigenvalue weighted by Gasteiger charge is 2.42. The molecule has 116 valence electrons. The van der Waals surface area contributed by atoms with Gasteiger partial charge in [-0.1, -0.05) is 12.1 Å². The summed E-state index contributed by atoms with van der Waals surface area (Å²) >= 11 is 0. The number of sulfonamides is 1. The van der Waals surface area contributed by atoms with Gasteiger partial charge >= 0.3 is 12.3 Å². The molecular formula is C11H10F3NO5S. The first-order chi connectivity index (χ1) is 9.61. The highest BCUT2D eigenvalue weighted by Crippen LogP contribution is 2.33. The molecule has 0 amide bonds. The van der Waals surface area contributed by atoms with Gasteiger partial charge in [-0.2, -0.15) is 4.31 Å². The van der Waals surface area contributed by atoms with Crippen LogP contribution in [0, 0.1) is 5.92 Å². The van der Waals surface area contributed by atoms with Gasteiger partial charge < -0.3 is 9.84 Å². The fraction of sp³-hybridized carbons (Fsp3) is 0.364. The molecule has 0 bridgehead atoms. The normalized spacial score (nSPS) is 17.3. The molecule has 0 spiro atoms. The largest absolute Gasteiger partial charge is 0.573 e. The SMILES string of the molecule is O=C(O)C1CN(S(=O)(=O)c2ccccc2OC(F)(F)F)C1. The fourth-order valence-electron chi connectivity index (χ4n) is 1.80. The lowest BCUT2D eigenvalue weighted by Gasteiger charge is -2.35. The quantitative estimate of drug-likeness (QED) is 0.902. The van der Waals surface area contributed by atoms with E-state index in [2.05, 4.69) is 4.74 Å². The number of carboxylic acid groups (broad SMARTS) is 1. The number of benzene rings is 1. The lowest BCUT2D eigenvalue weighted by Crippen LogP contribution is -2.52. The zero-order valence-corrected chi connectivity index (χ0v) is 11.2. The van der Waals surface area contributed by atoms with Crippen LogP contribution in [0.25, 0.3) is 0 Å². The summed E-state index contributed by atoms with van der Waals surface area (Å²) in [6, 6.07) is 4.32. The topological polar surface area (TPSA) is 83.9 Å². The number of ether oxygens (including phenoxy) is 1. The fourth-order valence-corrected chi connectivity index (χ4v) is 3.45. The van der Waals surface area contributed by atoms with E-state index in [4.69, 9.17) is 5.11 Å². The van der Waals surface area contributed by atoms with E-state index in [0.717, 1.165) is 16.4 Å². The van der Waals surface area contributed by atoms with Crippen molar-refractivity contribution in [2.75, 3.05) is 13.1 Å².